The van der Waals surface area contributed by atoms with Crippen LogP contribution in [0.2, 0.25) is 0 Å². The zero-order chi connectivity index (χ0) is 19.9. The van der Waals surface area contributed by atoms with Gasteiger partial charge < -0.3 is 9.47 Å². The van der Waals surface area contributed by atoms with Gasteiger partial charge >= 0.3 is 0 Å². The summed E-state index contributed by atoms with van der Waals surface area (Å²) in [5, 5.41) is 0. The van der Waals surface area contributed by atoms with Gasteiger partial charge in [-0.3, -0.25) is 4.79 Å². The molecule has 1 amide bonds. The van der Waals surface area contributed by atoms with Gasteiger partial charge in [-0.05, 0) is 37.7 Å². The zero-order valence-electron chi connectivity index (χ0n) is 16.5. The smallest absolute Gasteiger partial charge is 0.222 e. The van der Waals surface area contributed by atoms with Crippen molar-refractivity contribution in [2.75, 3.05) is 13.1 Å². The average molecular weight is 387 g/mol. The summed E-state index contributed by atoms with van der Waals surface area (Å²) in [5.74, 6) is 0.186. The third-order valence-corrected chi connectivity index (χ3v) is 6.12. The molecule has 1 fully saturated rings. The molecule has 0 radical (unpaired) electrons. The van der Waals surface area contributed by atoms with Crippen molar-refractivity contribution < 1.29 is 13.6 Å². The minimum atomic E-state index is -1.30. The Hall–Kier alpha value is -2.24. The van der Waals surface area contributed by atoms with E-state index in [-0.39, 0.29) is 17.8 Å². The van der Waals surface area contributed by atoms with Gasteiger partial charge in [0.25, 0.3) is 0 Å². The van der Waals surface area contributed by atoms with E-state index < -0.39 is 5.67 Å². The lowest BCUT2D eigenvalue weighted by Crippen LogP contribution is -2.45. The summed E-state index contributed by atoms with van der Waals surface area (Å²) in [4.78, 5) is 18.2. The van der Waals surface area contributed by atoms with Gasteiger partial charge in [-0.25, -0.2) is 13.8 Å². The fourth-order valence-corrected chi connectivity index (χ4v) is 4.56. The molecule has 0 aliphatic carbocycles. The van der Waals surface area contributed by atoms with Crippen LogP contribution in [-0.4, -0.2) is 39.1 Å². The fourth-order valence-electron chi connectivity index (χ4n) is 4.56. The Kier molecular flexibility index (Phi) is 4.98. The Morgan fingerprint density at radius 2 is 2.07 bits per heavy atom. The molecule has 150 valence electrons. The van der Waals surface area contributed by atoms with Gasteiger partial charge in [-0.1, -0.05) is 26.0 Å². The summed E-state index contributed by atoms with van der Waals surface area (Å²) in [6.07, 6.45) is 5.54. The van der Waals surface area contributed by atoms with Crippen LogP contribution in [0.3, 0.4) is 0 Å². The molecule has 2 aromatic rings. The predicted molar refractivity (Wildman–Crippen MR) is 104 cm³/mol. The Morgan fingerprint density at radius 1 is 1.32 bits per heavy atom. The van der Waals surface area contributed by atoms with E-state index in [1.807, 2.05) is 24.5 Å². The third-order valence-electron chi connectivity index (χ3n) is 6.12. The van der Waals surface area contributed by atoms with E-state index in [9.17, 15) is 9.18 Å². The summed E-state index contributed by atoms with van der Waals surface area (Å²) < 4.78 is 31.9. The number of carbonyl (C=O) groups is 1. The van der Waals surface area contributed by atoms with E-state index in [4.69, 9.17) is 0 Å². The zero-order valence-corrected chi connectivity index (χ0v) is 16.5. The van der Waals surface area contributed by atoms with E-state index in [0.29, 0.717) is 56.7 Å². The molecule has 4 rings (SSSR count). The molecule has 0 N–H and O–H groups in total. The molecule has 4 nitrogen and oxygen atoms in total. The number of halogens is 2. The first-order chi connectivity index (χ1) is 13.4. The summed E-state index contributed by atoms with van der Waals surface area (Å²) >= 11 is 0. The van der Waals surface area contributed by atoms with Crippen molar-refractivity contribution >= 4 is 5.91 Å². The van der Waals surface area contributed by atoms with Gasteiger partial charge in [0.05, 0.1) is 24.3 Å². The van der Waals surface area contributed by atoms with Crippen LogP contribution in [0.15, 0.2) is 30.7 Å². The monoisotopic (exact) mass is 387 g/mol. The molecule has 28 heavy (non-hydrogen) atoms. The van der Waals surface area contributed by atoms with Gasteiger partial charge in [0, 0.05) is 30.6 Å². The number of imidazole rings is 1. The minimum absolute atomic E-state index is 0.117. The van der Waals surface area contributed by atoms with Crippen molar-refractivity contribution in [1.29, 1.82) is 0 Å². The summed E-state index contributed by atoms with van der Waals surface area (Å²) in [5.41, 5.74) is 1.09. The number of carbonyl (C=O) groups excluding carboxylic acids is 1. The second kappa shape index (κ2) is 7.30. The first-order valence-corrected chi connectivity index (χ1v) is 10.2. The molecule has 1 aromatic carbocycles. The van der Waals surface area contributed by atoms with Crippen molar-refractivity contribution in [3.63, 3.8) is 0 Å². The molecule has 0 saturated carbocycles. The van der Waals surface area contributed by atoms with Gasteiger partial charge in [-0.15, -0.1) is 0 Å². The molecule has 2 aliphatic rings. The number of piperidine rings is 1. The highest BCUT2D eigenvalue weighted by Gasteiger charge is 2.38. The van der Waals surface area contributed by atoms with Crippen LogP contribution >= 0.6 is 0 Å². The number of benzene rings is 1. The number of hydrogen-bond donors (Lipinski definition) is 0. The van der Waals surface area contributed by atoms with Crippen LogP contribution in [-0.2, 0) is 4.79 Å². The lowest BCUT2D eigenvalue weighted by molar-refractivity contribution is -0.134. The van der Waals surface area contributed by atoms with E-state index in [1.54, 1.807) is 23.5 Å². The van der Waals surface area contributed by atoms with Crippen molar-refractivity contribution in [3.8, 4) is 11.3 Å². The average Bonchev–Trinajstić information content (AvgIpc) is 3.22. The normalized spacial score (nSPS) is 20.3. The topological polar surface area (TPSA) is 38.1 Å². The highest BCUT2D eigenvalue weighted by Crippen LogP contribution is 2.44. The van der Waals surface area contributed by atoms with Crippen LogP contribution in [0, 0.1) is 11.7 Å². The Morgan fingerprint density at radius 3 is 2.79 bits per heavy atom. The van der Waals surface area contributed by atoms with Crippen LogP contribution in [0.4, 0.5) is 8.78 Å². The summed E-state index contributed by atoms with van der Waals surface area (Å²) in [7, 11) is 0. The molecular formula is C22H27F2N3O. The number of alkyl halides is 1. The number of likely N-dealkylation sites (tertiary alicyclic amines) is 1. The summed E-state index contributed by atoms with van der Waals surface area (Å²) in [6, 6.07) is 4.85. The van der Waals surface area contributed by atoms with Crippen molar-refractivity contribution in [3.05, 3.63) is 42.1 Å². The quantitative estimate of drug-likeness (QED) is 0.743. The van der Waals surface area contributed by atoms with Crippen molar-refractivity contribution in [2.24, 2.45) is 5.92 Å². The molecule has 3 heterocycles. The lowest BCUT2D eigenvalue weighted by Gasteiger charge is -2.37. The molecule has 0 spiro atoms. The number of hydrogen-bond acceptors (Lipinski definition) is 2. The molecule has 6 heteroatoms. The number of fused-ring (bicyclic) bond motifs is 3. The first kappa shape index (κ1) is 19.1. The lowest BCUT2D eigenvalue weighted by atomic mass is 9.86. The standard InChI is InChI=1S/C22H27F2N3O/c1-15(2)12-20(28)26-10-8-22(24,9-11-26)7-6-18-21-16(4-3-5-17(21)23)19-13-25-14-27(18)19/h3-5,13-15,18H,6-12H2,1-2H3. The highest BCUT2D eigenvalue weighted by molar-refractivity contribution is 5.76. The molecular weight excluding hydrogens is 360 g/mol. The van der Waals surface area contributed by atoms with Crippen LogP contribution in [0.1, 0.15) is 57.6 Å². The number of nitrogens with zero attached hydrogens (tertiary/aromatic N) is 3. The Labute approximate surface area is 164 Å². The maximum Gasteiger partial charge on any atom is 0.222 e. The van der Waals surface area contributed by atoms with E-state index in [2.05, 4.69) is 4.98 Å². The predicted octanol–water partition coefficient (Wildman–Crippen LogP) is 4.75. The van der Waals surface area contributed by atoms with Crippen LogP contribution < -0.4 is 0 Å². The van der Waals surface area contributed by atoms with E-state index >= 15 is 4.39 Å². The van der Waals surface area contributed by atoms with Gasteiger partial charge in [0.1, 0.15) is 11.5 Å². The second-order valence-corrected chi connectivity index (χ2v) is 8.57. The molecule has 1 unspecified atom stereocenters. The number of aromatic nitrogens is 2. The van der Waals surface area contributed by atoms with Crippen LogP contribution in [0.25, 0.3) is 11.3 Å². The fraction of sp³-hybridized carbons (Fsp3) is 0.545. The minimum Gasteiger partial charge on any atom is -0.342 e. The molecule has 1 atom stereocenters. The third kappa shape index (κ3) is 3.45. The Bertz CT molecular complexity index is 868. The maximum atomic E-state index is 15.4. The molecule has 1 aromatic heterocycles. The van der Waals surface area contributed by atoms with E-state index in [1.165, 1.54) is 6.07 Å². The summed E-state index contributed by atoms with van der Waals surface area (Å²) in [6.45, 7) is 4.97. The van der Waals surface area contributed by atoms with Crippen molar-refractivity contribution in [2.45, 2.75) is 57.7 Å². The molecule has 2 aliphatic heterocycles. The molecule has 0 bridgehead atoms. The molecule has 1 saturated heterocycles. The number of rotatable bonds is 5. The SMILES string of the molecule is CC(C)CC(=O)N1CCC(F)(CCC2c3c(F)cccc3-c3cncn32)CC1. The van der Waals surface area contributed by atoms with E-state index in [0.717, 1.165) is 11.3 Å². The Balaban J connectivity index is 1.43. The van der Waals surface area contributed by atoms with Gasteiger partial charge in [0.2, 0.25) is 5.91 Å². The number of amides is 1. The maximum absolute atomic E-state index is 15.4. The van der Waals surface area contributed by atoms with Crippen LogP contribution in [0.5, 0.6) is 0 Å². The first-order valence-electron chi connectivity index (χ1n) is 10.2. The van der Waals surface area contributed by atoms with Gasteiger partial charge in [-0.2, -0.15) is 0 Å². The van der Waals surface area contributed by atoms with Crippen molar-refractivity contribution in [1.82, 2.24) is 14.5 Å². The second-order valence-electron chi connectivity index (χ2n) is 8.57. The van der Waals surface area contributed by atoms with Gasteiger partial charge in [0.15, 0.2) is 0 Å². The highest BCUT2D eigenvalue weighted by atomic mass is 19.1. The largest absolute Gasteiger partial charge is 0.342 e.